The van der Waals surface area contributed by atoms with Gasteiger partial charge in [0.15, 0.2) is 0 Å². The Bertz CT molecular complexity index is 977. The van der Waals surface area contributed by atoms with Crippen LogP contribution in [0, 0.1) is 17.4 Å². The van der Waals surface area contributed by atoms with E-state index in [0.29, 0.717) is 5.56 Å². The second kappa shape index (κ2) is 8.18. The average Bonchev–Trinajstić information content (AvgIpc) is 2.89. The highest BCUT2D eigenvalue weighted by Gasteiger charge is 2.10. The minimum Gasteiger partial charge on any atom is -0.318 e. The van der Waals surface area contributed by atoms with Crippen molar-refractivity contribution in [3.05, 3.63) is 85.2 Å². The van der Waals surface area contributed by atoms with E-state index in [4.69, 9.17) is 0 Å². The maximum absolute atomic E-state index is 12.1. The van der Waals surface area contributed by atoms with Crippen molar-refractivity contribution in [1.82, 2.24) is 9.99 Å². The smallest absolute Gasteiger partial charge is 0.271 e. The molecule has 0 radical (unpaired) electrons. The van der Waals surface area contributed by atoms with Crippen molar-refractivity contribution in [2.45, 2.75) is 13.8 Å². The van der Waals surface area contributed by atoms with Crippen molar-refractivity contribution in [2.75, 3.05) is 0 Å². The minimum absolute atomic E-state index is 0.242. The number of benzene rings is 2. The van der Waals surface area contributed by atoms with Gasteiger partial charge in [0.2, 0.25) is 0 Å². The van der Waals surface area contributed by atoms with Crippen LogP contribution in [0.3, 0.4) is 0 Å². The zero-order valence-corrected chi connectivity index (χ0v) is 18.1. The fraction of sp³-hybridized carbons (Fsp3) is 0.100. The first kappa shape index (κ1) is 18.8. The SMILES string of the molecule is Cc1cc(/C=N/NC(=O)c2cccc(Br)c2)c(C)n1-c1ccc(I)cc1. The molecule has 0 unspecified atom stereocenters. The second-order valence-electron chi connectivity index (χ2n) is 5.85. The molecule has 4 nitrogen and oxygen atoms in total. The number of rotatable bonds is 4. The van der Waals surface area contributed by atoms with E-state index in [1.807, 2.05) is 19.1 Å². The van der Waals surface area contributed by atoms with Crippen LogP contribution in [-0.2, 0) is 0 Å². The van der Waals surface area contributed by atoms with E-state index in [9.17, 15) is 4.79 Å². The number of halogens is 2. The number of hydrogen-bond donors (Lipinski definition) is 1. The van der Waals surface area contributed by atoms with Crippen molar-refractivity contribution in [2.24, 2.45) is 5.10 Å². The molecule has 0 fully saturated rings. The third kappa shape index (κ3) is 4.24. The fourth-order valence-electron chi connectivity index (χ4n) is 2.76. The van der Waals surface area contributed by atoms with Crippen LogP contribution in [0.15, 0.2) is 64.2 Å². The molecule has 0 bridgehead atoms. The van der Waals surface area contributed by atoms with Crippen molar-refractivity contribution in [1.29, 1.82) is 0 Å². The van der Waals surface area contributed by atoms with Crippen LogP contribution in [0.5, 0.6) is 0 Å². The van der Waals surface area contributed by atoms with E-state index < -0.39 is 0 Å². The summed E-state index contributed by atoms with van der Waals surface area (Å²) in [4.78, 5) is 12.1. The van der Waals surface area contributed by atoms with Gasteiger partial charge in [-0.3, -0.25) is 4.79 Å². The first-order chi connectivity index (χ1) is 12.5. The predicted molar refractivity (Wildman–Crippen MR) is 117 cm³/mol. The summed E-state index contributed by atoms with van der Waals surface area (Å²) < 4.78 is 4.23. The molecule has 0 aliphatic heterocycles. The maximum atomic E-state index is 12.1. The largest absolute Gasteiger partial charge is 0.318 e. The van der Waals surface area contributed by atoms with E-state index in [0.717, 1.165) is 27.1 Å². The summed E-state index contributed by atoms with van der Waals surface area (Å²) in [6.07, 6.45) is 1.68. The van der Waals surface area contributed by atoms with Gasteiger partial charge in [-0.2, -0.15) is 5.10 Å². The fourth-order valence-corrected chi connectivity index (χ4v) is 3.52. The normalized spacial score (nSPS) is 11.1. The molecule has 1 amide bonds. The number of aromatic nitrogens is 1. The number of nitrogens with zero attached hydrogens (tertiary/aromatic N) is 2. The van der Waals surface area contributed by atoms with Gasteiger partial charge in [-0.1, -0.05) is 22.0 Å². The van der Waals surface area contributed by atoms with E-state index >= 15 is 0 Å². The van der Waals surface area contributed by atoms with Crippen LogP contribution in [0.2, 0.25) is 0 Å². The van der Waals surface area contributed by atoms with E-state index in [1.54, 1.807) is 18.3 Å². The number of hydrazone groups is 1. The highest BCUT2D eigenvalue weighted by molar-refractivity contribution is 14.1. The first-order valence-corrected chi connectivity index (χ1v) is 9.87. The van der Waals surface area contributed by atoms with Crippen LogP contribution < -0.4 is 5.43 Å². The highest BCUT2D eigenvalue weighted by atomic mass is 127. The van der Waals surface area contributed by atoms with Crippen LogP contribution in [-0.4, -0.2) is 16.7 Å². The topological polar surface area (TPSA) is 46.4 Å². The van der Waals surface area contributed by atoms with Gasteiger partial charge in [0.25, 0.3) is 5.91 Å². The molecule has 1 heterocycles. The molecule has 0 saturated heterocycles. The molecular formula is C20H17BrIN3O. The third-order valence-electron chi connectivity index (χ3n) is 4.01. The predicted octanol–water partition coefficient (Wildman–Crippen LogP) is 5.23. The minimum atomic E-state index is -0.242. The standard InChI is InChI=1S/C20H17BrIN3O/c1-13-10-16(14(2)25(13)19-8-6-18(22)7-9-19)12-23-24-20(26)15-4-3-5-17(21)11-15/h3-12H,1-2H3,(H,24,26)/b23-12+. The Hall–Kier alpha value is -1.93. The summed E-state index contributed by atoms with van der Waals surface area (Å²) >= 11 is 5.66. The Balaban J connectivity index is 1.78. The van der Waals surface area contributed by atoms with Crippen LogP contribution in [0.4, 0.5) is 0 Å². The van der Waals surface area contributed by atoms with Gasteiger partial charge >= 0.3 is 0 Å². The van der Waals surface area contributed by atoms with Gasteiger partial charge in [-0.15, -0.1) is 0 Å². The van der Waals surface area contributed by atoms with Crippen molar-refractivity contribution in [3.8, 4) is 5.69 Å². The Labute approximate surface area is 174 Å². The summed E-state index contributed by atoms with van der Waals surface area (Å²) in [5.74, 6) is -0.242. The van der Waals surface area contributed by atoms with Gasteiger partial charge in [0, 0.05) is 36.2 Å². The Morgan fingerprint density at radius 2 is 1.88 bits per heavy atom. The zero-order chi connectivity index (χ0) is 18.7. The molecule has 0 saturated carbocycles. The average molecular weight is 522 g/mol. The molecule has 26 heavy (non-hydrogen) atoms. The van der Waals surface area contributed by atoms with Gasteiger partial charge in [-0.25, -0.2) is 5.43 Å². The number of nitrogens with one attached hydrogen (secondary N) is 1. The van der Waals surface area contributed by atoms with Gasteiger partial charge < -0.3 is 4.57 Å². The maximum Gasteiger partial charge on any atom is 0.271 e. The summed E-state index contributed by atoms with van der Waals surface area (Å²) in [7, 11) is 0. The van der Waals surface area contributed by atoms with Gasteiger partial charge in [-0.05, 0) is 85.0 Å². The van der Waals surface area contributed by atoms with Gasteiger partial charge in [0.05, 0.1) is 6.21 Å². The Kier molecular flexibility index (Phi) is 5.93. The zero-order valence-electron chi connectivity index (χ0n) is 14.3. The van der Waals surface area contributed by atoms with E-state index in [2.05, 4.69) is 90.9 Å². The lowest BCUT2D eigenvalue weighted by Gasteiger charge is -2.09. The summed E-state index contributed by atoms with van der Waals surface area (Å²) in [6, 6.07) is 17.6. The molecule has 132 valence electrons. The second-order valence-corrected chi connectivity index (χ2v) is 8.01. The molecule has 0 spiro atoms. The van der Waals surface area contributed by atoms with Crippen LogP contribution >= 0.6 is 38.5 Å². The molecule has 1 N–H and O–H groups in total. The molecule has 6 heteroatoms. The molecule has 1 aromatic heterocycles. The molecule has 0 aliphatic carbocycles. The highest BCUT2D eigenvalue weighted by Crippen LogP contribution is 2.20. The van der Waals surface area contributed by atoms with Gasteiger partial charge in [0.1, 0.15) is 0 Å². The van der Waals surface area contributed by atoms with E-state index in [-0.39, 0.29) is 5.91 Å². The molecule has 3 rings (SSSR count). The summed E-state index contributed by atoms with van der Waals surface area (Å²) in [6.45, 7) is 4.10. The quantitative estimate of drug-likeness (QED) is 0.285. The molecule has 0 atom stereocenters. The van der Waals surface area contributed by atoms with Crippen molar-refractivity contribution in [3.63, 3.8) is 0 Å². The molecular weight excluding hydrogens is 505 g/mol. The van der Waals surface area contributed by atoms with Crippen LogP contribution in [0.1, 0.15) is 27.3 Å². The third-order valence-corrected chi connectivity index (χ3v) is 5.22. The lowest BCUT2D eigenvalue weighted by molar-refractivity contribution is 0.0955. The Morgan fingerprint density at radius 3 is 2.58 bits per heavy atom. The molecule has 3 aromatic rings. The number of amides is 1. The van der Waals surface area contributed by atoms with Crippen molar-refractivity contribution >= 4 is 50.6 Å². The first-order valence-electron chi connectivity index (χ1n) is 7.99. The number of carbonyl (C=O) groups is 1. The molecule has 0 aliphatic rings. The lowest BCUT2D eigenvalue weighted by Crippen LogP contribution is -2.17. The van der Waals surface area contributed by atoms with Crippen molar-refractivity contribution < 1.29 is 4.79 Å². The summed E-state index contributed by atoms with van der Waals surface area (Å²) in [5.41, 5.74) is 7.40. The van der Waals surface area contributed by atoms with Crippen LogP contribution in [0.25, 0.3) is 5.69 Å². The van der Waals surface area contributed by atoms with E-state index in [1.165, 1.54) is 3.57 Å². The monoisotopic (exact) mass is 521 g/mol. The number of hydrogen-bond acceptors (Lipinski definition) is 2. The lowest BCUT2D eigenvalue weighted by atomic mass is 10.2. The summed E-state index contributed by atoms with van der Waals surface area (Å²) in [5, 5.41) is 4.12. The molecule has 2 aromatic carbocycles. The number of carbonyl (C=O) groups excluding carboxylic acids is 1. The Morgan fingerprint density at radius 1 is 1.15 bits per heavy atom. The number of aryl methyl sites for hydroxylation is 1.